The van der Waals surface area contributed by atoms with Gasteiger partial charge < -0.3 is 10.6 Å². The van der Waals surface area contributed by atoms with E-state index in [0.717, 1.165) is 16.7 Å². The maximum atomic E-state index is 12.3. The molecule has 8 heteroatoms. The average molecular weight is 280 g/mol. The van der Waals surface area contributed by atoms with Gasteiger partial charge in [-0.15, -0.1) is 11.3 Å². The first kappa shape index (κ1) is 14.7. The second-order valence-corrected chi connectivity index (χ2v) is 4.41. The molecule has 0 aliphatic carbocycles. The molecule has 0 saturated heterocycles. The van der Waals surface area contributed by atoms with Crippen molar-refractivity contribution in [1.82, 2.24) is 9.88 Å². The van der Waals surface area contributed by atoms with Crippen LogP contribution in [0.5, 0.6) is 0 Å². The quantitative estimate of drug-likeness (QED) is 0.680. The maximum absolute atomic E-state index is 12.3. The van der Waals surface area contributed by atoms with Crippen molar-refractivity contribution in [3.8, 4) is 0 Å². The molecular formula is C10H15F3N4S. The highest BCUT2D eigenvalue weighted by molar-refractivity contribution is 7.09. The minimum Gasteiger partial charge on any atom is -0.370 e. The third-order valence-corrected chi connectivity index (χ3v) is 3.14. The highest BCUT2D eigenvalue weighted by Gasteiger charge is 2.33. The number of nitrogens with zero attached hydrogens (tertiary/aromatic N) is 3. The number of thiazole rings is 1. The summed E-state index contributed by atoms with van der Waals surface area (Å²) in [6.45, 7) is 5.34. The van der Waals surface area contributed by atoms with Crippen molar-refractivity contribution >= 4 is 17.3 Å². The van der Waals surface area contributed by atoms with Crippen LogP contribution in [0.1, 0.15) is 24.5 Å². The summed E-state index contributed by atoms with van der Waals surface area (Å²) >= 11 is 0.933. The number of rotatable bonds is 4. The summed E-state index contributed by atoms with van der Waals surface area (Å²) in [5.41, 5.74) is 4.83. The Labute approximate surface area is 107 Å². The molecule has 0 bridgehead atoms. The molecule has 0 aliphatic heterocycles. The van der Waals surface area contributed by atoms with Gasteiger partial charge in [0.15, 0.2) is 11.7 Å². The zero-order valence-corrected chi connectivity index (χ0v) is 11.0. The summed E-state index contributed by atoms with van der Waals surface area (Å²) in [5.74, 6) is 0.323. The van der Waals surface area contributed by atoms with Crippen LogP contribution >= 0.6 is 11.3 Å². The zero-order valence-electron chi connectivity index (χ0n) is 10.2. The summed E-state index contributed by atoms with van der Waals surface area (Å²) in [5, 5.41) is 1.29. The van der Waals surface area contributed by atoms with Gasteiger partial charge in [-0.1, -0.05) is 0 Å². The Hall–Kier alpha value is -1.31. The highest BCUT2D eigenvalue weighted by atomic mass is 32.1. The van der Waals surface area contributed by atoms with Gasteiger partial charge in [0.25, 0.3) is 0 Å². The van der Waals surface area contributed by atoms with Crippen molar-refractivity contribution in [2.45, 2.75) is 26.6 Å². The van der Waals surface area contributed by atoms with Crippen LogP contribution in [0.3, 0.4) is 0 Å². The Morgan fingerprint density at radius 3 is 2.50 bits per heavy atom. The Morgan fingerprint density at radius 2 is 2.06 bits per heavy atom. The van der Waals surface area contributed by atoms with E-state index in [0.29, 0.717) is 24.1 Å². The number of hydrogen-bond donors (Lipinski definition) is 1. The third-order valence-electron chi connectivity index (χ3n) is 2.31. The van der Waals surface area contributed by atoms with E-state index in [1.807, 2.05) is 18.7 Å². The molecule has 2 N–H and O–H groups in total. The number of nitrogens with two attached hydrogens (primary N) is 1. The van der Waals surface area contributed by atoms with Gasteiger partial charge in [-0.3, -0.25) is 0 Å². The summed E-state index contributed by atoms with van der Waals surface area (Å²) in [4.78, 5) is 9.33. The van der Waals surface area contributed by atoms with Gasteiger partial charge in [0.1, 0.15) is 5.01 Å². The van der Waals surface area contributed by atoms with E-state index in [1.165, 1.54) is 0 Å². The second kappa shape index (κ2) is 6.03. The number of guanidine groups is 1. The fraction of sp³-hybridized carbons (Fsp3) is 0.600. The molecule has 0 aromatic carbocycles. The van der Waals surface area contributed by atoms with E-state index in [2.05, 4.69) is 9.98 Å². The molecule has 0 atom stereocenters. The molecule has 0 amide bonds. The first-order chi connectivity index (χ1) is 8.38. The van der Waals surface area contributed by atoms with Crippen LogP contribution in [0.2, 0.25) is 0 Å². The van der Waals surface area contributed by atoms with Crippen LogP contribution in [0, 0.1) is 0 Å². The van der Waals surface area contributed by atoms with Crippen LogP contribution in [0.25, 0.3) is 0 Å². The molecule has 1 aromatic heterocycles. The van der Waals surface area contributed by atoms with Crippen molar-refractivity contribution in [2.75, 3.05) is 13.1 Å². The Morgan fingerprint density at radius 1 is 1.44 bits per heavy atom. The molecule has 4 nitrogen and oxygen atoms in total. The lowest BCUT2D eigenvalue weighted by molar-refractivity contribution is -0.140. The lowest BCUT2D eigenvalue weighted by Gasteiger charge is -2.18. The normalized spacial score (nSPS) is 12.8. The van der Waals surface area contributed by atoms with Gasteiger partial charge in [0, 0.05) is 18.5 Å². The minimum absolute atomic E-state index is 0.0725. The molecule has 0 fully saturated rings. The van der Waals surface area contributed by atoms with Gasteiger partial charge in [0.2, 0.25) is 0 Å². The molecule has 1 heterocycles. The fourth-order valence-electron chi connectivity index (χ4n) is 1.31. The maximum Gasteiger partial charge on any atom is 0.434 e. The summed E-state index contributed by atoms with van der Waals surface area (Å²) in [6, 6.07) is 0. The molecular weight excluding hydrogens is 265 g/mol. The summed E-state index contributed by atoms with van der Waals surface area (Å²) in [7, 11) is 0. The van der Waals surface area contributed by atoms with E-state index in [-0.39, 0.29) is 6.54 Å². The summed E-state index contributed by atoms with van der Waals surface area (Å²) in [6.07, 6.45) is -4.40. The largest absolute Gasteiger partial charge is 0.434 e. The van der Waals surface area contributed by atoms with Gasteiger partial charge in [-0.05, 0) is 13.8 Å². The predicted octanol–water partition coefficient (Wildman–Crippen LogP) is 2.32. The number of hydrogen-bond acceptors (Lipinski definition) is 3. The van der Waals surface area contributed by atoms with E-state index in [1.54, 1.807) is 0 Å². The van der Waals surface area contributed by atoms with E-state index in [9.17, 15) is 13.2 Å². The zero-order chi connectivity index (χ0) is 13.8. The molecule has 0 unspecified atom stereocenters. The van der Waals surface area contributed by atoms with Crippen molar-refractivity contribution in [3.63, 3.8) is 0 Å². The van der Waals surface area contributed by atoms with Crippen LogP contribution in [-0.4, -0.2) is 28.9 Å². The van der Waals surface area contributed by atoms with Gasteiger partial charge in [-0.2, -0.15) is 13.2 Å². The Balaban J connectivity index is 2.69. The topological polar surface area (TPSA) is 54.5 Å². The Kier molecular flexibility index (Phi) is 4.94. The third kappa shape index (κ3) is 3.86. The van der Waals surface area contributed by atoms with Crippen LogP contribution in [0.4, 0.5) is 13.2 Å². The SMILES string of the molecule is CCN(CC)C(N)=NCc1nc(C(F)(F)F)cs1. The average Bonchev–Trinajstić information content (AvgIpc) is 2.76. The molecule has 0 saturated carbocycles. The molecule has 102 valence electrons. The number of alkyl halides is 3. The minimum atomic E-state index is -4.40. The fourth-order valence-corrected chi connectivity index (χ4v) is 2.03. The first-order valence-corrected chi connectivity index (χ1v) is 6.32. The van der Waals surface area contributed by atoms with E-state index in [4.69, 9.17) is 5.73 Å². The van der Waals surface area contributed by atoms with E-state index < -0.39 is 11.9 Å². The van der Waals surface area contributed by atoms with E-state index >= 15 is 0 Å². The Bertz CT molecular complexity index is 410. The smallest absolute Gasteiger partial charge is 0.370 e. The van der Waals surface area contributed by atoms with Crippen LogP contribution < -0.4 is 5.73 Å². The first-order valence-electron chi connectivity index (χ1n) is 5.45. The molecule has 0 spiro atoms. The molecule has 1 rings (SSSR count). The van der Waals surface area contributed by atoms with Crippen LogP contribution in [0.15, 0.2) is 10.4 Å². The van der Waals surface area contributed by atoms with Crippen molar-refractivity contribution < 1.29 is 13.2 Å². The van der Waals surface area contributed by atoms with Gasteiger partial charge in [0.05, 0.1) is 6.54 Å². The second-order valence-electron chi connectivity index (χ2n) is 3.47. The number of aliphatic imine (C=N–C) groups is 1. The lowest BCUT2D eigenvalue weighted by atomic mass is 10.5. The number of halogens is 3. The highest BCUT2D eigenvalue weighted by Crippen LogP contribution is 2.30. The number of aromatic nitrogens is 1. The monoisotopic (exact) mass is 280 g/mol. The summed E-state index contributed by atoms with van der Waals surface area (Å²) < 4.78 is 36.9. The van der Waals surface area contributed by atoms with Gasteiger partial charge >= 0.3 is 6.18 Å². The standard InChI is InChI=1S/C10H15F3N4S/c1-3-17(4-2)9(14)15-5-8-16-7(6-18-8)10(11,12)13/h6H,3-5H2,1-2H3,(H2,14,15). The van der Waals surface area contributed by atoms with Crippen molar-refractivity contribution in [1.29, 1.82) is 0 Å². The lowest BCUT2D eigenvalue weighted by Crippen LogP contribution is -2.37. The molecule has 1 aromatic rings. The van der Waals surface area contributed by atoms with Crippen LogP contribution in [-0.2, 0) is 12.7 Å². The molecule has 0 radical (unpaired) electrons. The predicted molar refractivity (Wildman–Crippen MR) is 65.4 cm³/mol. The van der Waals surface area contributed by atoms with Gasteiger partial charge in [-0.25, -0.2) is 9.98 Å². The van der Waals surface area contributed by atoms with Crippen molar-refractivity contribution in [2.24, 2.45) is 10.7 Å². The van der Waals surface area contributed by atoms with Crippen molar-refractivity contribution in [3.05, 3.63) is 16.1 Å². The molecule has 18 heavy (non-hydrogen) atoms. The molecule has 0 aliphatic rings.